The van der Waals surface area contributed by atoms with Crippen LogP contribution in [0, 0.1) is 11.6 Å². The van der Waals surface area contributed by atoms with Crippen LogP contribution in [-0.2, 0) is 24.1 Å². The highest BCUT2D eigenvalue weighted by Gasteiger charge is 2.35. The van der Waals surface area contributed by atoms with Crippen LogP contribution in [0.5, 0.6) is 5.75 Å². The molecule has 2 aromatic heterocycles. The first kappa shape index (κ1) is 33.8. The fraction of sp³-hybridized carbons (Fsp3) is 0.226. The minimum atomic E-state index is -5.00. The maximum absolute atomic E-state index is 15.6. The third-order valence-corrected chi connectivity index (χ3v) is 7.23. The number of carbonyl (C=O) groups excluding carboxylic acids is 1. The van der Waals surface area contributed by atoms with Gasteiger partial charge in [-0.25, -0.2) is 33.1 Å². The Bertz CT molecular complexity index is 2120. The second-order valence-corrected chi connectivity index (χ2v) is 10.7. The number of hydrogen-bond donors (Lipinski definition) is 2. The van der Waals surface area contributed by atoms with Gasteiger partial charge in [0.05, 0.1) is 43.4 Å². The van der Waals surface area contributed by atoms with Gasteiger partial charge in [0.15, 0.2) is 17.2 Å². The molecule has 0 radical (unpaired) electrons. The summed E-state index contributed by atoms with van der Waals surface area (Å²) in [5, 5.41) is 6.77. The van der Waals surface area contributed by atoms with Crippen LogP contribution in [0.25, 0.3) is 22.4 Å². The van der Waals surface area contributed by atoms with Gasteiger partial charge in [-0.15, -0.1) is 5.10 Å². The number of halogens is 5. The molecule has 252 valence electrons. The zero-order valence-corrected chi connectivity index (χ0v) is 25.9. The maximum Gasteiger partial charge on any atom is 0.416 e. The number of aromatic nitrogens is 4. The number of methoxy groups -OCH3 is 1. The van der Waals surface area contributed by atoms with Crippen LogP contribution in [0.3, 0.4) is 0 Å². The van der Waals surface area contributed by atoms with Gasteiger partial charge >= 0.3 is 17.9 Å². The van der Waals surface area contributed by atoms with Crippen LogP contribution in [0.2, 0.25) is 0 Å². The summed E-state index contributed by atoms with van der Waals surface area (Å²) in [6.07, 6.45) is -5.00. The van der Waals surface area contributed by atoms with Gasteiger partial charge in [-0.3, -0.25) is 14.2 Å². The van der Waals surface area contributed by atoms with Gasteiger partial charge in [0.1, 0.15) is 11.2 Å². The van der Waals surface area contributed by atoms with E-state index >= 15 is 8.78 Å². The lowest BCUT2D eigenvalue weighted by Gasteiger charge is -2.17. The topological polar surface area (TPSA) is 125 Å². The Hall–Kier alpha value is -5.55. The molecular formula is C31H28F5N7O5. The molecular weight excluding hydrogens is 645 g/mol. The summed E-state index contributed by atoms with van der Waals surface area (Å²) < 4.78 is 80.3. The van der Waals surface area contributed by atoms with E-state index in [0.29, 0.717) is 26.6 Å². The molecule has 0 spiro atoms. The summed E-state index contributed by atoms with van der Waals surface area (Å²) in [6, 6.07) is 11.4. The number of urea groups is 1. The van der Waals surface area contributed by atoms with E-state index in [0.717, 1.165) is 18.2 Å². The standard InChI is InChI=1S/C31H28F5N7O5/c1-40(2)16-23-25-27(38-43(23)18-13-11-17(12-14-18)37-29(45)39-48-4)41(15-19-20(31(34,35)36)7-5-8-21(19)32)30(46)42(28(25)44)22-9-6-10-24(47-3)26(22)33/h5-14H,15-16H2,1-4H3,(H2,37,39,45). The average Bonchev–Trinajstić information content (AvgIpc) is 3.39. The van der Waals surface area contributed by atoms with Crippen LogP contribution in [0.1, 0.15) is 16.8 Å². The monoisotopic (exact) mass is 673 g/mol. The van der Waals surface area contributed by atoms with E-state index in [9.17, 15) is 27.6 Å². The Balaban J connectivity index is 1.85. The normalized spacial score (nSPS) is 11.7. The summed E-state index contributed by atoms with van der Waals surface area (Å²) in [5.74, 6) is -2.66. The lowest BCUT2D eigenvalue weighted by molar-refractivity contribution is -0.138. The van der Waals surface area contributed by atoms with Crippen LogP contribution in [-0.4, -0.2) is 58.2 Å². The molecule has 0 aliphatic heterocycles. The van der Waals surface area contributed by atoms with Gasteiger partial charge in [-0.2, -0.15) is 13.2 Å². The largest absolute Gasteiger partial charge is 0.494 e. The van der Waals surface area contributed by atoms with Crippen LogP contribution >= 0.6 is 0 Å². The summed E-state index contributed by atoms with van der Waals surface area (Å²) >= 11 is 0. The van der Waals surface area contributed by atoms with Crippen molar-refractivity contribution in [2.24, 2.45) is 0 Å². The Labute approximate surface area is 268 Å². The van der Waals surface area contributed by atoms with Crippen molar-refractivity contribution in [1.82, 2.24) is 29.3 Å². The number of nitrogens with one attached hydrogen (secondary N) is 2. The number of benzene rings is 3. The number of rotatable bonds is 9. The fourth-order valence-electron chi connectivity index (χ4n) is 5.18. The van der Waals surface area contributed by atoms with Crippen molar-refractivity contribution < 1.29 is 36.3 Å². The zero-order chi connectivity index (χ0) is 34.9. The molecule has 0 atom stereocenters. The predicted molar refractivity (Wildman–Crippen MR) is 164 cm³/mol. The molecule has 2 heterocycles. The SMILES string of the molecule is CONC(=O)Nc1ccc(-n2nc3c(c2CN(C)C)c(=O)n(-c2cccc(OC)c2F)c(=O)n3Cc2c(F)cccc2C(F)(F)F)cc1. The smallest absolute Gasteiger partial charge is 0.416 e. The summed E-state index contributed by atoms with van der Waals surface area (Å²) in [5.41, 5.74) is -2.53. The van der Waals surface area contributed by atoms with Crippen molar-refractivity contribution in [3.63, 3.8) is 0 Å². The number of ether oxygens (including phenoxy) is 1. The molecule has 2 N–H and O–H groups in total. The Kier molecular flexibility index (Phi) is 9.36. The van der Waals surface area contributed by atoms with E-state index in [4.69, 9.17) is 4.74 Å². The number of hydroxylamine groups is 1. The highest BCUT2D eigenvalue weighted by Crippen LogP contribution is 2.34. The number of anilines is 1. The Morgan fingerprint density at radius 3 is 2.29 bits per heavy atom. The van der Waals surface area contributed by atoms with E-state index in [1.807, 2.05) is 0 Å². The first-order valence-corrected chi connectivity index (χ1v) is 14.1. The van der Waals surface area contributed by atoms with Crippen LogP contribution in [0.15, 0.2) is 70.3 Å². The van der Waals surface area contributed by atoms with Crippen molar-refractivity contribution in [2.75, 3.05) is 33.6 Å². The second-order valence-electron chi connectivity index (χ2n) is 10.7. The number of amides is 2. The van der Waals surface area contributed by atoms with E-state index < -0.39 is 58.4 Å². The molecule has 0 saturated heterocycles. The predicted octanol–water partition coefficient (Wildman–Crippen LogP) is 4.44. The third-order valence-electron chi connectivity index (χ3n) is 7.23. The molecule has 0 bridgehead atoms. The van der Waals surface area contributed by atoms with Crippen molar-refractivity contribution in [2.45, 2.75) is 19.3 Å². The minimum Gasteiger partial charge on any atom is -0.494 e. The number of hydrogen-bond acceptors (Lipinski definition) is 7. The quantitative estimate of drug-likeness (QED) is 0.175. The molecule has 0 fully saturated rings. The molecule has 5 aromatic rings. The van der Waals surface area contributed by atoms with Gasteiger partial charge in [-0.1, -0.05) is 12.1 Å². The molecule has 3 aromatic carbocycles. The lowest BCUT2D eigenvalue weighted by atomic mass is 10.1. The van der Waals surface area contributed by atoms with Gasteiger partial charge in [0.2, 0.25) is 0 Å². The first-order chi connectivity index (χ1) is 22.8. The Morgan fingerprint density at radius 2 is 1.67 bits per heavy atom. The molecule has 17 heteroatoms. The molecule has 12 nitrogen and oxygen atoms in total. The highest BCUT2D eigenvalue weighted by atomic mass is 19.4. The van der Waals surface area contributed by atoms with E-state index in [2.05, 4.69) is 20.7 Å². The fourth-order valence-corrected chi connectivity index (χ4v) is 5.18. The number of alkyl halides is 3. The van der Waals surface area contributed by atoms with E-state index in [1.165, 1.54) is 55.3 Å². The second kappa shape index (κ2) is 13.3. The van der Waals surface area contributed by atoms with Crippen LogP contribution < -0.4 is 26.8 Å². The Morgan fingerprint density at radius 1 is 0.979 bits per heavy atom. The maximum atomic E-state index is 15.6. The number of fused-ring (bicyclic) bond motifs is 1. The third kappa shape index (κ3) is 6.37. The van der Waals surface area contributed by atoms with Gasteiger partial charge < -0.3 is 15.0 Å². The molecule has 0 saturated carbocycles. The van der Waals surface area contributed by atoms with Crippen molar-refractivity contribution in [3.05, 3.63) is 110 Å². The molecule has 5 rings (SSSR count). The van der Waals surface area contributed by atoms with Crippen LogP contribution in [0.4, 0.5) is 32.4 Å². The van der Waals surface area contributed by atoms with Gasteiger partial charge in [-0.05, 0) is 62.6 Å². The first-order valence-electron chi connectivity index (χ1n) is 14.1. The van der Waals surface area contributed by atoms with Gasteiger partial charge in [0.25, 0.3) is 5.56 Å². The average molecular weight is 674 g/mol. The summed E-state index contributed by atoms with van der Waals surface area (Å²) in [4.78, 5) is 46.5. The summed E-state index contributed by atoms with van der Waals surface area (Å²) in [7, 11) is 5.78. The molecule has 0 aliphatic carbocycles. The molecule has 2 amide bonds. The lowest BCUT2D eigenvalue weighted by Crippen LogP contribution is -2.40. The number of nitrogens with zero attached hydrogens (tertiary/aromatic N) is 5. The van der Waals surface area contributed by atoms with Crippen molar-refractivity contribution in [1.29, 1.82) is 0 Å². The molecule has 48 heavy (non-hydrogen) atoms. The molecule has 0 unspecified atom stereocenters. The van der Waals surface area contributed by atoms with Crippen molar-refractivity contribution >= 4 is 22.8 Å². The number of carbonyl (C=O) groups is 1. The molecule has 0 aliphatic rings. The minimum absolute atomic E-state index is 0.00822. The highest BCUT2D eigenvalue weighted by molar-refractivity contribution is 5.88. The zero-order valence-electron chi connectivity index (χ0n) is 25.9. The van der Waals surface area contributed by atoms with Crippen molar-refractivity contribution in [3.8, 4) is 17.1 Å². The van der Waals surface area contributed by atoms with E-state index in [1.54, 1.807) is 19.0 Å². The van der Waals surface area contributed by atoms with Gasteiger partial charge in [0, 0.05) is 17.8 Å². The van der Waals surface area contributed by atoms with E-state index in [-0.39, 0.29) is 29.0 Å². The summed E-state index contributed by atoms with van der Waals surface area (Å²) in [6.45, 7) is -1.01.